The van der Waals surface area contributed by atoms with Gasteiger partial charge in [0.05, 0.1) is 0 Å². The molecule has 0 amide bonds. The highest BCUT2D eigenvalue weighted by Gasteiger charge is 2.17. The highest BCUT2D eigenvalue weighted by atomic mass is 31.1. The molecule has 0 rings (SSSR count). The molecule has 0 heterocycles. The van der Waals surface area contributed by atoms with Gasteiger partial charge in [-0.2, -0.15) is 4.89 Å². The third kappa shape index (κ3) is 4.06. The van der Waals surface area contributed by atoms with Gasteiger partial charge in [0.15, 0.2) is 6.10 Å². The molecule has 0 aliphatic carbocycles. The molecule has 0 spiro atoms. The summed E-state index contributed by atoms with van der Waals surface area (Å²) in [5.74, 6) is -1.39. The number of hydrogen-bond donors (Lipinski definition) is 3. The second-order valence-corrected chi connectivity index (χ2v) is 3.38. The average Bonchev–Trinajstić information content (AvgIpc) is 1.87. The molecule has 3 N–H and O–H groups in total. The van der Waals surface area contributed by atoms with Crippen LogP contribution in [-0.2, 0) is 4.79 Å². The van der Waals surface area contributed by atoms with Gasteiger partial charge >= 0.3 is 5.97 Å². The van der Waals surface area contributed by atoms with Crippen LogP contribution in [0.1, 0.15) is 13.3 Å². The van der Waals surface area contributed by atoms with Gasteiger partial charge in [-0.3, -0.25) is 0 Å². The van der Waals surface area contributed by atoms with Gasteiger partial charge < -0.3 is 15.1 Å². The van der Waals surface area contributed by atoms with Crippen LogP contribution in [0.4, 0.5) is 0 Å². The summed E-state index contributed by atoms with van der Waals surface area (Å²) in [5.41, 5.74) is 0. The number of hydrogen-bond acceptors (Lipinski definition) is 4. The molecule has 0 fully saturated rings. The fourth-order valence-corrected chi connectivity index (χ4v) is 0.774. The lowest BCUT2D eigenvalue weighted by molar-refractivity contribution is -0.167. The van der Waals surface area contributed by atoms with E-state index in [-0.39, 0.29) is 11.7 Å². The normalized spacial score (nSPS) is 15.6. The Balaban J connectivity index is 4.06. The SMILES string of the molecule is C/C(CC(O)C(=O)O)=[P+](\[O-])O. The van der Waals surface area contributed by atoms with Crippen LogP contribution in [0.2, 0.25) is 0 Å². The Morgan fingerprint density at radius 2 is 2.18 bits per heavy atom. The third-order valence-corrected chi connectivity index (χ3v) is 1.94. The molecule has 0 aliphatic rings. The monoisotopic (exact) mass is 180 g/mol. The quantitative estimate of drug-likeness (QED) is 0.467. The van der Waals surface area contributed by atoms with E-state index in [0.29, 0.717) is 0 Å². The van der Waals surface area contributed by atoms with Crippen molar-refractivity contribution in [1.82, 2.24) is 0 Å². The fraction of sp³-hybridized carbons (Fsp3) is 0.600. The average molecular weight is 180 g/mol. The lowest BCUT2D eigenvalue weighted by atomic mass is 10.2. The minimum absolute atomic E-state index is 0.0786. The summed E-state index contributed by atoms with van der Waals surface area (Å²) in [6.45, 7) is 1.32. The Morgan fingerprint density at radius 3 is 2.45 bits per heavy atom. The van der Waals surface area contributed by atoms with E-state index in [1.165, 1.54) is 6.92 Å². The Morgan fingerprint density at radius 1 is 1.73 bits per heavy atom. The molecule has 0 bridgehead atoms. The van der Waals surface area contributed by atoms with E-state index in [0.717, 1.165) is 0 Å². The van der Waals surface area contributed by atoms with Crippen LogP contribution in [0.15, 0.2) is 0 Å². The van der Waals surface area contributed by atoms with Crippen molar-refractivity contribution in [2.24, 2.45) is 0 Å². The van der Waals surface area contributed by atoms with E-state index < -0.39 is 20.1 Å². The summed E-state index contributed by atoms with van der Waals surface area (Å²) in [6, 6.07) is 0. The zero-order chi connectivity index (χ0) is 9.02. The highest BCUT2D eigenvalue weighted by molar-refractivity contribution is 7.45. The molecule has 0 radical (unpaired) electrons. The van der Waals surface area contributed by atoms with Crippen molar-refractivity contribution in [3.8, 4) is 0 Å². The topological polar surface area (TPSA) is 101 Å². The summed E-state index contributed by atoms with van der Waals surface area (Å²) in [4.78, 5) is 28.7. The van der Waals surface area contributed by atoms with E-state index >= 15 is 0 Å². The zero-order valence-corrected chi connectivity index (χ0v) is 6.78. The maximum Gasteiger partial charge on any atom is 0.333 e. The number of aliphatic hydroxyl groups is 1. The van der Waals surface area contributed by atoms with Crippen LogP contribution in [0, 0.1) is 0 Å². The number of rotatable bonds is 3. The van der Waals surface area contributed by atoms with Crippen LogP contribution < -0.4 is 4.89 Å². The minimum Gasteiger partial charge on any atom is -0.603 e. The van der Waals surface area contributed by atoms with Crippen molar-refractivity contribution in [1.29, 1.82) is 0 Å². The molecular weight excluding hydrogens is 171 g/mol. The Hall–Kier alpha value is -0.480. The first-order valence-corrected chi connectivity index (χ1v) is 4.05. The number of carbonyl (C=O) groups is 1. The van der Waals surface area contributed by atoms with Gasteiger partial charge in [-0.25, -0.2) is 4.79 Å². The zero-order valence-electron chi connectivity index (χ0n) is 5.89. The summed E-state index contributed by atoms with van der Waals surface area (Å²) < 4.78 is 0. The molecule has 5 nitrogen and oxygen atoms in total. The van der Waals surface area contributed by atoms with Gasteiger partial charge in [0.1, 0.15) is 5.29 Å². The van der Waals surface area contributed by atoms with Gasteiger partial charge in [0, 0.05) is 6.42 Å². The summed E-state index contributed by atoms with van der Waals surface area (Å²) in [6.07, 6.45) is -1.86. The van der Waals surface area contributed by atoms with Gasteiger partial charge in [-0.05, 0) is 6.92 Å². The number of aliphatic hydroxyl groups excluding tert-OH is 1. The van der Waals surface area contributed by atoms with E-state index in [1.807, 2.05) is 0 Å². The van der Waals surface area contributed by atoms with Crippen molar-refractivity contribution < 1.29 is 24.8 Å². The highest BCUT2D eigenvalue weighted by Crippen LogP contribution is 2.09. The molecule has 0 saturated heterocycles. The van der Waals surface area contributed by atoms with Crippen LogP contribution in [0.5, 0.6) is 0 Å². The van der Waals surface area contributed by atoms with E-state index in [2.05, 4.69) is 0 Å². The number of carboxylic acid groups (broad SMARTS) is 1. The molecule has 0 aromatic rings. The second kappa shape index (κ2) is 4.41. The maximum absolute atomic E-state index is 10.3. The molecule has 0 aromatic carbocycles. The first kappa shape index (κ1) is 10.5. The van der Waals surface area contributed by atoms with Crippen molar-refractivity contribution in [2.45, 2.75) is 19.4 Å². The molecule has 2 unspecified atom stereocenters. The van der Waals surface area contributed by atoms with Crippen LogP contribution in [-0.4, -0.2) is 32.5 Å². The maximum atomic E-state index is 10.3. The molecule has 0 aliphatic heterocycles. The molecule has 2 atom stereocenters. The van der Waals surface area contributed by atoms with Gasteiger partial charge in [0.25, 0.3) is 0 Å². The summed E-state index contributed by atoms with van der Waals surface area (Å²) >= 11 is 0. The Bertz CT molecular complexity index is 183. The molecule has 11 heavy (non-hydrogen) atoms. The van der Waals surface area contributed by atoms with Crippen molar-refractivity contribution >= 4 is 19.3 Å². The predicted octanol–water partition coefficient (Wildman–Crippen LogP) is -1.32. The largest absolute Gasteiger partial charge is 0.603 e. The smallest absolute Gasteiger partial charge is 0.333 e. The summed E-state index contributed by atoms with van der Waals surface area (Å²) in [5, 5.41) is 16.9. The predicted molar refractivity (Wildman–Crippen MR) is 38.1 cm³/mol. The first-order chi connectivity index (χ1) is 4.95. The molecule has 64 valence electrons. The Labute approximate surface area is 64.5 Å². The minimum atomic E-state index is -2.48. The lowest BCUT2D eigenvalue weighted by Crippen LogP contribution is -2.22. The van der Waals surface area contributed by atoms with Crippen molar-refractivity contribution in [3.63, 3.8) is 0 Å². The molecular formula is C5H9O5P. The van der Waals surface area contributed by atoms with Crippen LogP contribution >= 0.6 is 8.00 Å². The van der Waals surface area contributed by atoms with E-state index in [1.54, 1.807) is 0 Å². The third-order valence-electron chi connectivity index (χ3n) is 1.10. The lowest BCUT2D eigenvalue weighted by Gasteiger charge is -2.01. The van der Waals surface area contributed by atoms with Crippen molar-refractivity contribution in [3.05, 3.63) is 0 Å². The molecule has 0 saturated carbocycles. The fourth-order valence-electron chi connectivity index (χ4n) is 0.445. The van der Waals surface area contributed by atoms with E-state index in [9.17, 15) is 9.69 Å². The van der Waals surface area contributed by atoms with Gasteiger partial charge in [-0.1, -0.05) is 0 Å². The van der Waals surface area contributed by atoms with Gasteiger partial charge in [0.2, 0.25) is 8.00 Å². The number of aliphatic carboxylic acids is 1. The van der Waals surface area contributed by atoms with E-state index in [4.69, 9.17) is 15.1 Å². The van der Waals surface area contributed by atoms with Crippen molar-refractivity contribution in [2.75, 3.05) is 0 Å². The summed E-state index contributed by atoms with van der Waals surface area (Å²) in [7, 11) is -2.48. The Kier molecular flexibility index (Phi) is 4.22. The van der Waals surface area contributed by atoms with Crippen LogP contribution in [0.3, 0.4) is 0 Å². The number of carboxylic acids is 1. The first-order valence-electron chi connectivity index (χ1n) is 2.84. The molecule has 6 heteroatoms. The van der Waals surface area contributed by atoms with Crippen LogP contribution in [0.25, 0.3) is 0 Å². The molecule has 0 aromatic heterocycles. The second-order valence-electron chi connectivity index (χ2n) is 2.07. The standard InChI is InChI=1S/C5H9O5P/c1-3(11(9)10)2-4(6)5(7)8/h4,6H,2H2,1H3,(H,7,8)(H,9,10). The van der Waals surface area contributed by atoms with Gasteiger partial charge in [-0.15, -0.1) is 0 Å².